The third-order valence-electron chi connectivity index (χ3n) is 12.8. The maximum absolute atomic E-state index is 13.4. The smallest absolute Gasteiger partial charge is 0.342 e. The zero-order valence-electron chi connectivity index (χ0n) is 50.7. The first kappa shape index (κ1) is 68.2. The highest BCUT2D eigenvalue weighted by Gasteiger charge is 2.44. The molecule has 450 valence electrons. The molecule has 2 aliphatic rings. The molecule has 5 rings (SSSR count). The highest BCUT2D eigenvalue weighted by molar-refractivity contribution is 6.76. The average molecular weight is 1170 g/mol. The predicted octanol–water partition coefficient (Wildman–Crippen LogP) is 10.7. The zero-order chi connectivity index (χ0) is 60.0. The number of ether oxygens (including phenoxy) is 14. The molecule has 0 aliphatic carbocycles. The Morgan fingerprint density at radius 2 is 1.26 bits per heavy atom. The molecule has 2 heterocycles. The van der Waals surface area contributed by atoms with Crippen molar-refractivity contribution in [3.8, 4) is 40.6 Å². The maximum atomic E-state index is 13.4. The van der Waals surface area contributed by atoms with Crippen molar-refractivity contribution < 1.29 is 85.8 Å². The zero-order valence-corrected chi connectivity index (χ0v) is 52.7. The molecule has 0 aromatic heterocycles. The number of aldehydes is 1. The molecule has 1 N–H and O–H groups in total. The first-order valence-electron chi connectivity index (χ1n) is 27.5. The molecule has 0 amide bonds. The van der Waals surface area contributed by atoms with Crippen LogP contribution in [0.3, 0.4) is 0 Å². The monoisotopic (exact) mass is 1170 g/mol. The molecule has 2 fully saturated rings. The summed E-state index contributed by atoms with van der Waals surface area (Å²) in [6, 6.07) is 16.3. The van der Waals surface area contributed by atoms with Gasteiger partial charge in [0.1, 0.15) is 58.2 Å². The van der Waals surface area contributed by atoms with Gasteiger partial charge in [-0.15, -0.1) is 0 Å². The summed E-state index contributed by atoms with van der Waals surface area (Å²) in [7, 11) is 5.00. The molecule has 3 aromatic carbocycles. The lowest BCUT2D eigenvalue weighted by Gasteiger charge is -2.20. The SMILES string of the molecule is COCOc1cc(OC)cc(/C=C/C[C@@H]2OC(C)(C)O[C@@H]2C=O)c1C(=O)OCC[Si](C)(C)C.COCOc1cc(OC)cc(CCC[C@@H]2OC(C)(C)O[C@@H]2C(O)C#CC[C@H](C)OCc2ccc(OC)cc2)c1C(=O)OCC[Si](C)(C)C. The summed E-state index contributed by atoms with van der Waals surface area (Å²) in [6.45, 7) is 23.6. The summed E-state index contributed by atoms with van der Waals surface area (Å²) in [5.74, 6) is 5.90. The van der Waals surface area contributed by atoms with Gasteiger partial charge in [0.2, 0.25) is 0 Å². The number of esters is 2. The molecule has 18 nitrogen and oxygen atoms in total. The molecular formula is C61H90O18Si2. The molecule has 0 saturated carbocycles. The van der Waals surface area contributed by atoms with Crippen LogP contribution in [0.4, 0.5) is 0 Å². The molecule has 2 aliphatic heterocycles. The van der Waals surface area contributed by atoms with Gasteiger partial charge in [0.25, 0.3) is 0 Å². The lowest BCUT2D eigenvalue weighted by Crippen LogP contribution is -2.34. The van der Waals surface area contributed by atoms with E-state index in [0.29, 0.717) is 86.0 Å². The van der Waals surface area contributed by atoms with Crippen LogP contribution in [-0.2, 0) is 60.5 Å². The number of carbonyl (C=O) groups is 3. The standard InChI is InChI=1S/C37H54O10Si.C24H36O8Si/c1-26(44-24-27-16-18-29(41-5)19-17-27)12-10-14-31(38)35-32(46-37(2,3)47-35)15-11-13-28-22-30(42-6)23-33(45-25-40-4)34(28)36(39)43-20-21-48(7,8)9;1-24(2)31-19(21(15-25)32-24)10-8-9-17-13-18(28-4)14-20(30-16-27-3)22(17)23(26)29-11-12-33(5,6)7/h16-19,22-23,26,31-32,35,38H,11-13,15,20-21,24-25H2,1-9H3;8-9,13-15,19,21H,10-12,16H2,1-7H3/b;9-8+/t26-,31?,32-,35+;19-,21+/m00/s1. The van der Waals surface area contributed by atoms with Crippen LogP contribution in [0.25, 0.3) is 6.08 Å². The van der Waals surface area contributed by atoms with Gasteiger partial charge in [0.05, 0.1) is 59.5 Å². The van der Waals surface area contributed by atoms with Gasteiger partial charge in [-0.05, 0) is 113 Å². The molecule has 3 aromatic rings. The van der Waals surface area contributed by atoms with Crippen molar-refractivity contribution in [1.82, 2.24) is 0 Å². The highest BCUT2D eigenvalue weighted by atomic mass is 28.3. The Bertz CT molecular complexity index is 2540. The largest absolute Gasteiger partial charge is 0.497 e. The fourth-order valence-corrected chi connectivity index (χ4v) is 9.96. The lowest BCUT2D eigenvalue weighted by atomic mass is 9.97. The Hall–Kier alpha value is -5.32. The van der Waals surface area contributed by atoms with Gasteiger partial charge in [-0.1, -0.05) is 75.4 Å². The van der Waals surface area contributed by atoms with Crippen molar-refractivity contribution in [1.29, 1.82) is 0 Å². The van der Waals surface area contributed by atoms with Crippen molar-refractivity contribution in [2.45, 2.75) is 173 Å². The summed E-state index contributed by atoms with van der Waals surface area (Å²) in [6.07, 6.45) is 3.63. The minimum atomic E-state index is -1.40. The van der Waals surface area contributed by atoms with E-state index < -0.39 is 70.2 Å². The molecule has 6 atom stereocenters. The van der Waals surface area contributed by atoms with Gasteiger partial charge < -0.3 is 76.2 Å². The van der Waals surface area contributed by atoms with E-state index >= 15 is 0 Å². The van der Waals surface area contributed by atoms with Crippen LogP contribution >= 0.6 is 0 Å². The Kier molecular flexibility index (Phi) is 27.4. The van der Waals surface area contributed by atoms with Crippen molar-refractivity contribution in [2.24, 2.45) is 0 Å². The van der Waals surface area contributed by atoms with Crippen LogP contribution in [0.2, 0.25) is 51.4 Å². The van der Waals surface area contributed by atoms with Gasteiger partial charge in [0.15, 0.2) is 31.4 Å². The second-order valence-corrected chi connectivity index (χ2v) is 34.4. The number of aliphatic hydroxyl groups is 1. The summed E-state index contributed by atoms with van der Waals surface area (Å²) in [5.41, 5.74) is 2.99. The molecule has 2 saturated heterocycles. The van der Waals surface area contributed by atoms with Gasteiger partial charge in [-0.2, -0.15) is 0 Å². The molecular weight excluding hydrogens is 1080 g/mol. The predicted molar refractivity (Wildman–Crippen MR) is 314 cm³/mol. The second-order valence-electron chi connectivity index (χ2n) is 23.1. The highest BCUT2D eigenvalue weighted by Crippen LogP contribution is 2.36. The van der Waals surface area contributed by atoms with E-state index in [9.17, 15) is 19.5 Å². The summed E-state index contributed by atoms with van der Waals surface area (Å²) in [5, 5.41) is 11.0. The van der Waals surface area contributed by atoms with Crippen molar-refractivity contribution in [3.63, 3.8) is 0 Å². The fraction of sp³-hybridized carbons (Fsp3) is 0.590. The third-order valence-corrected chi connectivity index (χ3v) is 16.2. The topological polar surface area (TPSA) is 201 Å². The van der Waals surface area contributed by atoms with E-state index in [0.717, 1.165) is 35.3 Å². The number of aryl methyl sites for hydroxylation is 1. The maximum Gasteiger partial charge on any atom is 0.342 e. The van der Waals surface area contributed by atoms with Crippen molar-refractivity contribution in [3.05, 3.63) is 82.4 Å². The Labute approximate surface area is 482 Å². The van der Waals surface area contributed by atoms with E-state index in [1.807, 2.05) is 57.2 Å². The molecule has 20 heteroatoms. The number of hydrogen-bond acceptors (Lipinski definition) is 18. The number of benzene rings is 3. The number of aliphatic hydroxyl groups excluding tert-OH is 1. The van der Waals surface area contributed by atoms with E-state index in [-0.39, 0.29) is 25.3 Å². The minimum absolute atomic E-state index is 0.0295. The van der Waals surface area contributed by atoms with E-state index in [1.165, 1.54) is 21.3 Å². The van der Waals surface area contributed by atoms with E-state index in [1.54, 1.807) is 52.3 Å². The second kappa shape index (κ2) is 32.5. The van der Waals surface area contributed by atoms with Crippen LogP contribution in [0.5, 0.6) is 28.7 Å². The van der Waals surface area contributed by atoms with Gasteiger partial charge in [-0.3, -0.25) is 0 Å². The van der Waals surface area contributed by atoms with Gasteiger partial charge in [0, 0.05) is 48.9 Å². The number of methoxy groups -OCH3 is 5. The lowest BCUT2D eigenvalue weighted by molar-refractivity contribution is -0.152. The number of carbonyl (C=O) groups excluding carboxylic acids is 3. The quantitative estimate of drug-likeness (QED) is 0.0217. The molecule has 1 unspecified atom stereocenters. The van der Waals surface area contributed by atoms with Crippen LogP contribution in [0, 0.1) is 11.8 Å². The van der Waals surface area contributed by atoms with Gasteiger partial charge >= 0.3 is 11.9 Å². The van der Waals surface area contributed by atoms with Crippen LogP contribution in [-0.4, -0.2) is 150 Å². The summed E-state index contributed by atoms with van der Waals surface area (Å²) in [4.78, 5) is 37.8. The van der Waals surface area contributed by atoms with Crippen molar-refractivity contribution in [2.75, 3.05) is 62.3 Å². The van der Waals surface area contributed by atoms with Gasteiger partial charge in [-0.25, -0.2) is 9.59 Å². The van der Waals surface area contributed by atoms with E-state index in [4.69, 9.17) is 66.3 Å². The Morgan fingerprint density at radius 1 is 0.716 bits per heavy atom. The number of hydrogen-bond donors (Lipinski definition) is 1. The molecule has 0 bridgehead atoms. The summed E-state index contributed by atoms with van der Waals surface area (Å²) < 4.78 is 78.7. The Balaban J connectivity index is 0.000000374. The summed E-state index contributed by atoms with van der Waals surface area (Å²) >= 11 is 0. The minimum Gasteiger partial charge on any atom is -0.497 e. The molecule has 0 spiro atoms. The average Bonchev–Trinajstić information content (AvgIpc) is 3.94. The van der Waals surface area contributed by atoms with Crippen molar-refractivity contribution >= 4 is 40.4 Å². The Morgan fingerprint density at radius 3 is 1.81 bits per heavy atom. The van der Waals surface area contributed by atoms with Crippen LogP contribution in [0.15, 0.2) is 54.6 Å². The number of rotatable bonds is 30. The molecule has 81 heavy (non-hydrogen) atoms. The molecule has 0 radical (unpaired) electrons. The van der Waals surface area contributed by atoms with Crippen LogP contribution < -0.4 is 23.7 Å². The van der Waals surface area contributed by atoms with E-state index in [2.05, 4.69) is 51.1 Å². The van der Waals surface area contributed by atoms with Crippen LogP contribution in [0.1, 0.15) is 97.7 Å². The third kappa shape index (κ3) is 23.5. The fourth-order valence-electron chi connectivity index (χ4n) is 8.53. The first-order valence-corrected chi connectivity index (χ1v) is 34.9. The normalized spacial score (nSPS) is 19.1. The first-order chi connectivity index (χ1) is 38.2.